The van der Waals surface area contributed by atoms with Crippen molar-refractivity contribution in [2.24, 2.45) is 0 Å². The molecule has 0 bridgehead atoms. The molecule has 0 fully saturated rings. The van der Waals surface area contributed by atoms with Crippen molar-refractivity contribution in [2.45, 2.75) is 13.0 Å². The molecule has 1 N–H and O–H groups in total. The van der Waals surface area contributed by atoms with Gasteiger partial charge in [0.25, 0.3) is 0 Å². The number of halogens is 1. The zero-order valence-electron chi connectivity index (χ0n) is 11.8. The second-order valence-corrected chi connectivity index (χ2v) is 4.61. The zero-order chi connectivity index (χ0) is 14.7. The van der Waals surface area contributed by atoms with E-state index in [2.05, 4.69) is 0 Å². The third-order valence-corrected chi connectivity index (χ3v) is 3.27. The van der Waals surface area contributed by atoms with E-state index in [4.69, 9.17) is 4.74 Å². The van der Waals surface area contributed by atoms with Gasteiger partial charge in [-0.25, -0.2) is 4.39 Å². The fraction of sp³-hybridized carbons (Fsp3) is 0.250. The van der Waals surface area contributed by atoms with E-state index in [0.717, 1.165) is 11.4 Å². The molecule has 0 radical (unpaired) electrons. The summed E-state index contributed by atoms with van der Waals surface area (Å²) in [6, 6.07) is 12.2. The molecule has 0 saturated carbocycles. The first-order chi connectivity index (χ1) is 9.54. The summed E-state index contributed by atoms with van der Waals surface area (Å²) in [4.78, 5) is 1.84. The molecule has 106 valence electrons. The van der Waals surface area contributed by atoms with E-state index in [1.165, 1.54) is 6.07 Å². The molecule has 20 heavy (non-hydrogen) atoms. The fourth-order valence-electron chi connectivity index (χ4n) is 2.18. The molecule has 0 heterocycles. The predicted molar refractivity (Wildman–Crippen MR) is 78.1 cm³/mol. The third-order valence-electron chi connectivity index (χ3n) is 3.27. The lowest BCUT2D eigenvalue weighted by molar-refractivity contribution is 0.194. The van der Waals surface area contributed by atoms with Crippen molar-refractivity contribution in [1.82, 2.24) is 0 Å². The standard InChI is InChI=1S/C16H18FNO2/c1-11(19)16-14(17)5-4-6-15(16)18(2)12-7-9-13(20-3)10-8-12/h4-11,19H,1-3H3/t11-/m0/s1. The number of ether oxygens (including phenoxy) is 1. The summed E-state index contributed by atoms with van der Waals surface area (Å²) in [6.07, 6.45) is -0.869. The SMILES string of the molecule is COc1ccc(N(C)c2cccc(F)c2[C@H](C)O)cc1. The Labute approximate surface area is 118 Å². The molecule has 0 unspecified atom stereocenters. The lowest BCUT2D eigenvalue weighted by Gasteiger charge is -2.24. The van der Waals surface area contributed by atoms with E-state index >= 15 is 0 Å². The van der Waals surface area contributed by atoms with Crippen molar-refractivity contribution in [3.8, 4) is 5.75 Å². The molecule has 4 heteroatoms. The Morgan fingerprint density at radius 2 is 1.80 bits per heavy atom. The van der Waals surface area contributed by atoms with Gasteiger partial charge >= 0.3 is 0 Å². The highest BCUT2D eigenvalue weighted by molar-refractivity contribution is 5.66. The van der Waals surface area contributed by atoms with Crippen LogP contribution in [0, 0.1) is 5.82 Å². The number of hydrogen-bond acceptors (Lipinski definition) is 3. The lowest BCUT2D eigenvalue weighted by atomic mass is 10.1. The summed E-state index contributed by atoms with van der Waals surface area (Å²) in [5.74, 6) is 0.356. The van der Waals surface area contributed by atoms with Crippen LogP contribution in [-0.4, -0.2) is 19.3 Å². The minimum atomic E-state index is -0.869. The summed E-state index contributed by atoms with van der Waals surface area (Å²) >= 11 is 0. The minimum absolute atomic E-state index is 0.297. The van der Waals surface area contributed by atoms with Crippen molar-refractivity contribution < 1.29 is 14.2 Å². The molecule has 1 atom stereocenters. The highest BCUT2D eigenvalue weighted by atomic mass is 19.1. The van der Waals surface area contributed by atoms with Gasteiger partial charge in [-0.05, 0) is 43.3 Å². The summed E-state index contributed by atoms with van der Waals surface area (Å²) in [5.41, 5.74) is 1.83. The van der Waals surface area contributed by atoms with E-state index in [1.54, 1.807) is 26.2 Å². The Kier molecular flexibility index (Phi) is 4.25. The van der Waals surface area contributed by atoms with Gasteiger partial charge in [-0.3, -0.25) is 0 Å². The average molecular weight is 275 g/mol. The van der Waals surface area contributed by atoms with Gasteiger partial charge in [0.15, 0.2) is 0 Å². The number of hydrogen-bond donors (Lipinski definition) is 1. The van der Waals surface area contributed by atoms with Crippen LogP contribution in [0.1, 0.15) is 18.6 Å². The second-order valence-electron chi connectivity index (χ2n) is 4.61. The van der Waals surface area contributed by atoms with Gasteiger partial charge in [0.1, 0.15) is 11.6 Å². The molecule has 0 spiro atoms. The van der Waals surface area contributed by atoms with Crippen LogP contribution in [0.15, 0.2) is 42.5 Å². The highest BCUT2D eigenvalue weighted by Crippen LogP contribution is 2.33. The van der Waals surface area contributed by atoms with Crippen LogP contribution in [0.2, 0.25) is 0 Å². The normalized spacial score (nSPS) is 12.1. The molecular weight excluding hydrogens is 257 g/mol. The smallest absolute Gasteiger partial charge is 0.131 e. The number of aliphatic hydroxyl groups is 1. The first-order valence-electron chi connectivity index (χ1n) is 6.39. The first kappa shape index (κ1) is 14.3. The van der Waals surface area contributed by atoms with E-state index in [-0.39, 0.29) is 0 Å². The van der Waals surface area contributed by atoms with Crippen LogP contribution in [0.5, 0.6) is 5.75 Å². The Hall–Kier alpha value is -2.07. The Balaban J connectivity index is 2.42. The first-order valence-corrected chi connectivity index (χ1v) is 6.39. The van der Waals surface area contributed by atoms with Gasteiger partial charge in [0.05, 0.1) is 13.2 Å². The fourth-order valence-corrected chi connectivity index (χ4v) is 2.18. The van der Waals surface area contributed by atoms with Crippen LogP contribution in [-0.2, 0) is 0 Å². The molecule has 2 aromatic rings. The van der Waals surface area contributed by atoms with Crippen LogP contribution in [0.3, 0.4) is 0 Å². The molecule has 0 amide bonds. The van der Waals surface area contributed by atoms with Crippen LogP contribution in [0.25, 0.3) is 0 Å². The quantitative estimate of drug-likeness (QED) is 0.924. The molecule has 0 aliphatic rings. The Bertz CT molecular complexity index is 582. The number of benzene rings is 2. The van der Waals surface area contributed by atoms with Gasteiger partial charge in [-0.1, -0.05) is 6.07 Å². The molecule has 0 aliphatic heterocycles. The zero-order valence-corrected chi connectivity index (χ0v) is 11.8. The predicted octanol–water partition coefficient (Wildman–Crippen LogP) is 3.66. The molecule has 3 nitrogen and oxygen atoms in total. The third kappa shape index (κ3) is 2.75. The van der Waals surface area contributed by atoms with Crippen molar-refractivity contribution in [3.05, 3.63) is 53.8 Å². The minimum Gasteiger partial charge on any atom is -0.497 e. The van der Waals surface area contributed by atoms with Crippen LogP contribution in [0.4, 0.5) is 15.8 Å². The molecular formula is C16H18FNO2. The highest BCUT2D eigenvalue weighted by Gasteiger charge is 2.17. The lowest BCUT2D eigenvalue weighted by Crippen LogP contribution is -2.14. The van der Waals surface area contributed by atoms with E-state index in [1.807, 2.05) is 36.2 Å². The van der Waals surface area contributed by atoms with Gasteiger partial charge in [-0.15, -0.1) is 0 Å². The topological polar surface area (TPSA) is 32.7 Å². The summed E-state index contributed by atoms with van der Waals surface area (Å²) in [7, 11) is 3.44. The Morgan fingerprint density at radius 1 is 1.15 bits per heavy atom. The maximum absolute atomic E-state index is 13.9. The number of nitrogens with zero attached hydrogens (tertiary/aromatic N) is 1. The van der Waals surface area contributed by atoms with Gasteiger partial charge in [-0.2, -0.15) is 0 Å². The van der Waals surface area contributed by atoms with Crippen LogP contribution < -0.4 is 9.64 Å². The maximum Gasteiger partial charge on any atom is 0.131 e. The maximum atomic E-state index is 13.9. The number of anilines is 2. The largest absolute Gasteiger partial charge is 0.497 e. The molecule has 0 saturated heterocycles. The molecule has 2 rings (SSSR count). The van der Waals surface area contributed by atoms with Gasteiger partial charge in [0.2, 0.25) is 0 Å². The van der Waals surface area contributed by atoms with E-state index in [0.29, 0.717) is 11.3 Å². The van der Waals surface area contributed by atoms with Gasteiger partial charge in [0, 0.05) is 24.0 Å². The van der Waals surface area contributed by atoms with Crippen molar-refractivity contribution in [2.75, 3.05) is 19.1 Å². The second kappa shape index (κ2) is 5.92. The van der Waals surface area contributed by atoms with Crippen molar-refractivity contribution in [1.29, 1.82) is 0 Å². The number of rotatable bonds is 4. The van der Waals surface area contributed by atoms with E-state index in [9.17, 15) is 9.50 Å². The molecule has 0 aliphatic carbocycles. The summed E-state index contributed by atoms with van der Waals surface area (Å²) < 4.78 is 19.0. The molecule has 0 aromatic heterocycles. The summed E-state index contributed by atoms with van der Waals surface area (Å²) in [6.45, 7) is 1.56. The average Bonchev–Trinajstić information content (AvgIpc) is 2.46. The van der Waals surface area contributed by atoms with Crippen molar-refractivity contribution in [3.63, 3.8) is 0 Å². The van der Waals surface area contributed by atoms with E-state index < -0.39 is 11.9 Å². The van der Waals surface area contributed by atoms with Crippen molar-refractivity contribution >= 4 is 11.4 Å². The van der Waals surface area contributed by atoms with Gasteiger partial charge < -0.3 is 14.7 Å². The Morgan fingerprint density at radius 3 is 2.35 bits per heavy atom. The summed E-state index contributed by atoms with van der Waals surface area (Å²) in [5, 5.41) is 9.78. The monoisotopic (exact) mass is 275 g/mol. The van der Waals surface area contributed by atoms with Crippen LogP contribution >= 0.6 is 0 Å². The number of methoxy groups -OCH3 is 1. The molecule has 2 aromatic carbocycles. The number of aliphatic hydroxyl groups excluding tert-OH is 1.